The first-order valence-electron chi connectivity index (χ1n) is 7.19. The number of hydrogen-bond donors (Lipinski definition) is 0. The quantitative estimate of drug-likeness (QED) is 0.784. The lowest BCUT2D eigenvalue weighted by molar-refractivity contribution is 0.811. The van der Waals surface area contributed by atoms with E-state index >= 15 is 0 Å². The molecule has 0 bridgehead atoms. The molecule has 0 aliphatic rings. The van der Waals surface area contributed by atoms with Crippen LogP contribution >= 0.6 is 0 Å². The summed E-state index contributed by atoms with van der Waals surface area (Å²) >= 11 is 0. The minimum Gasteiger partial charge on any atom is -0.261 e. The average molecular weight is 254 g/mol. The molecular weight excluding hydrogens is 232 g/mol. The lowest BCUT2D eigenvalue weighted by Gasteiger charge is -2.05. The van der Waals surface area contributed by atoms with Gasteiger partial charge in [0.25, 0.3) is 0 Å². The van der Waals surface area contributed by atoms with E-state index in [-0.39, 0.29) is 0 Å². The summed E-state index contributed by atoms with van der Waals surface area (Å²) in [5.74, 6) is 0. The zero-order chi connectivity index (χ0) is 13.5. The highest BCUT2D eigenvalue weighted by molar-refractivity contribution is 5.19. The normalized spacial score (nSPS) is 10.6. The van der Waals surface area contributed by atoms with Crippen molar-refractivity contribution >= 4 is 0 Å². The minimum absolute atomic E-state index is 1.01. The van der Waals surface area contributed by atoms with Gasteiger partial charge in [0, 0.05) is 23.8 Å². The fraction of sp³-hybridized carbons (Fsp3) is 0.412. The summed E-state index contributed by atoms with van der Waals surface area (Å²) in [5.41, 5.74) is 5.18. The van der Waals surface area contributed by atoms with Gasteiger partial charge in [-0.2, -0.15) is 0 Å². The Hall–Kier alpha value is -1.70. The van der Waals surface area contributed by atoms with E-state index in [2.05, 4.69) is 48.1 Å². The summed E-state index contributed by atoms with van der Waals surface area (Å²) < 4.78 is 0. The molecule has 0 spiro atoms. The molecule has 0 N–H and O–H groups in total. The van der Waals surface area contributed by atoms with Crippen molar-refractivity contribution in [2.45, 2.75) is 46.0 Å². The van der Waals surface area contributed by atoms with Gasteiger partial charge in [0.2, 0.25) is 0 Å². The molecule has 2 heterocycles. The summed E-state index contributed by atoms with van der Waals surface area (Å²) in [4.78, 5) is 8.68. The van der Waals surface area contributed by atoms with Gasteiger partial charge in [0.05, 0.1) is 0 Å². The molecular formula is C17H22N2. The molecule has 0 aromatic carbocycles. The monoisotopic (exact) mass is 254 g/mol. The Balaban J connectivity index is 1.88. The van der Waals surface area contributed by atoms with Gasteiger partial charge in [0.1, 0.15) is 0 Å². The van der Waals surface area contributed by atoms with Crippen molar-refractivity contribution < 1.29 is 0 Å². The largest absolute Gasteiger partial charge is 0.261 e. The van der Waals surface area contributed by atoms with E-state index < -0.39 is 0 Å². The Morgan fingerprint density at radius 1 is 0.789 bits per heavy atom. The zero-order valence-corrected chi connectivity index (χ0v) is 11.9. The SMILES string of the molecule is CCc1cc(CCCc2ccnc(CC)c2)ccn1. The first-order chi connectivity index (χ1) is 9.31. The van der Waals surface area contributed by atoms with E-state index in [0.29, 0.717) is 0 Å². The molecule has 0 atom stereocenters. The standard InChI is InChI=1S/C17H22N2/c1-3-16-12-14(8-10-18-16)6-5-7-15-9-11-19-17(4-2)13-15/h8-13H,3-7H2,1-2H3. The van der Waals surface area contributed by atoms with Crippen LogP contribution < -0.4 is 0 Å². The molecule has 2 rings (SSSR count). The maximum Gasteiger partial charge on any atom is 0.0403 e. The Morgan fingerprint density at radius 3 is 1.68 bits per heavy atom. The van der Waals surface area contributed by atoms with Crippen LogP contribution in [0.15, 0.2) is 36.7 Å². The Bertz CT molecular complexity index is 473. The second-order valence-corrected chi connectivity index (χ2v) is 4.87. The molecule has 100 valence electrons. The Labute approximate surface area is 115 Å². The molecule has 0 unspecified atom stereocenters. The van der Waals surface area contributed by atoms with Gasteiger partial charge in [0.15, 0.2) is 0 Å². The summed E-state index contributed by atoms with van der Waals surface area (Å²) in [6.07, 6.45) is 9.31. The van der Waals surface area contributed by atoms with Crippen LogP contribution in [0.25, 0.3) is 0 Å². The first kappa shape index (κ1) is 13.7. The molecule has 2 aromatic rings. The number of hydrogen-bond acceptors (Lipinski definition) is 2. The predicted octanol–water partition coefficient (Wildman–Crippen LogP) is 3.78. The topological polar surface area (TPSA) is 25.8 Å². The first-order valence-corrected chi connectivity index (χ1v) is 7.19. The van der Waals surface area contributed by atoms with Crippen molar-refractivity contribution in [2.75, 3.05) is 0 Å². The smallest absolute Gasteiger partial charge is 0.0403 e. The molecule has 2 nitrogen and oxygen atoms in total. The lowest BCUT2D eigenvalue weighted by Crippen LogP contribution is -1.95. The number of aromatic nitrogens is 2. The van der Waals surface area contributed by atoms with Crippen molar-refractivity contribution in [3.63, 3.8) is 0 Å². The molecule has 19 heavy (non-hydrogen) atoms. The summed E-state index contributed by atoms with van der Waals surface area (Å²) in [5, 5.41) is 0. The van der Waals surface area contributed by atoms with Crippen LogP contribution in [-0.4, -0.2) is 9.97 Å². The van der Waals surface area contributed by atoms with Crippen molar-refractivity contribution in [1.82, 2.24) is 9.97 Å². The van der Waals surface area contributed by atoms with Crippen molar-refractivity contribution in [1.29, 1.82) is 0 Å². The van der Waals surface area contributed by atoms with Crippen LogP contribution in [0.4, 0.5) is 0 Å². The van der Waals surface area contributed by atoms with E-state index in [4.69, 9.17) is 0 Å². The molecule has 0 saturated carbocycles. The van der Waals surface area contributed by atoms with Gasteiger partial charge in [-0.25, -0.2) is 0 Å². The van der Waals surface area contributed by atoms with Crippen LogP contribution in [0.1, 0.15) is 42.8 Å². The average Bonchev–Trinajstić information content (AvgIpc) is 2.48. The maximum absolute atomic E-state index is 4.34. The Morgan fingerprint density at radius 2 is 1.26 bits per heavy atom. The second-order valence-electron chi connectivity index (χ2n) is 4.87. The number of aryl methyl sites for hydroxylation is 4. The lowest BCUT2D eigenvalue weighted by atomic mass is 10.0. The highest BCUT2D eigenvalue weighted by Gasteiger charge is 1.99. The summed E-state index contributed by atoms with van der Waals surface area (Å²) in [6.45, 7) is 4.30. The number of rotatable bonds is 6. The molecule has 0 aliphatic carbocycles. The molecule has 0 saturated heterocycles. The molecule has 0 amide bonds. The van der Waals surface area contributed by atoms with Crippen LogP contribution in [0, 0.1) is 0 Å². The Kier molecular flexibility index (Phi) is 5.08. The van der Waals surface area contributed by atoms with E-state index in [1.54, 1.807) is 0 Å². The van der Waals surface area contributed by atoms with E-state index in [1.807, 2.05) is 12.4 Å². The van der Waals surface area contributed by atoms with Crippen LogP contribution in [0.3, 0.4) is 0 Å². The van der Waals surface area contributed by atoms with Gasteiger partial charge < -0.3 is 0 Å². The fourth-order valence-electron chi connectivity index (χ4n) is 2.25. The van der Waals surface area contributed by atoms with Gasteiger partial charge in [-0.1, -0.05) is 13.8 Å². The third-order valence-corrected chi connectivity index (χ3v) is 3.42. The van der Waals surface area contributed by atoms with Crippen molar-refractivity contribution in [3.05, 3.63) is 59.2 Å². The number of nitrogens with zero attached hydrogens (tertiary/aromatic N) is 2. The van der Waals surface area contributed by atoms with Crippen molar-refractivity contribution in [3.8, 4) is 0 Å². The van der Waals surface area contributed by atoms with Gasteiger partial charge in [-0.15, -0.1) is 0 Å². The van der Waals surface area contributed by atoms with Crippen LogP contribution in [-0.2, 0) is 25.7 Å². The molecule has 0 aliphatic heterocycles. The predicted molar refractivity (Wildman–Crippen MR) is 79.3 cm³/mol. The van der Waals surface area contributed by atoms with Gasteiger partial charge in [-0.05, 0) is 67.5 Å². The highest BCUT2D eigenvalue weighted by atomic mass is 14.7. The zero-order valence-electron chi connectivity index (χ0n) is 11.9. The van der Waals surface area contributed by atoms with E-state index in [1.165, 1.54) is 28.9 Å². The second kappa shape index (κ2) is 7.03. The third-order valence-electron chi connectivity index (χ3n) is 3.42. The molecule has 0 radical (unpaired) electrons. The molecule has 2 aromatic heterocycles. The number of pyridine rings is 2. The van der Waals surface area contributed by atoms with Gasteiger partial charge >= 0.3 is 0 Å². The van der Waals surface area contributed by atoms with Gasteiger partial charge in [-0.3, -0.25) is 9.97 Å². The third kappa shape index (κ3) is 4.16. The van der Waals surface area contributed by atoms with E-state index in [9.17, 15) is 0 Å². The summed E-state index contributed by atoms with van der Waals surface area (Å²) in [6, 6.07) is 8.71. The van der Waals surface area contributed by atoms with Crippen molar-refractivity contribution in [2.24, 2.45) is 0 Å². The molecule has 2 heteroatoms. The van der Waals surface area contributed by atoms with Crippen LogP contribution in [0.5, 0.6) is 0 Å². The highest BCUT2D eigenvalue weighted by Crippen LogP contribution is 2.10. The van der Waals surface area contributed by atoms with Crippen LogP contribution in [0.2, 0.25) is 0 Å². The van der Waals surface area contributed by atoms with E-state index in [0.717, 1.165) is 25.7 Å². The minimum atomic E-state index is 1.01. The summed E-state index contributed by atoms with van der Waals surface area (Å²) in [7, 11) is 0. The fourth-order valence-corrected chi connectivity index (χ4v) is 2.25. The maximum atomic E-state index is 4.34. The molecule has 0 fully saturated rings.